The molecule has 0 aliphatic carbocycles. The van der Waals surface area contributed by atoms with Gasteiger partial charge in [0, 0.05) is 10.4 Å². The molecule has 0 bridgehead atoms. The van der Waals surface area contributed by atoms with Gasteiger partial charge in [-0.3, -0.25) is 9.59 Å². The number of rotatable bonds is 10. The molecule has 1 heterocycles. The third kappa shape index (κ3) is 6.71. The normalized spacial score (nSPS) is 12.1. The van der Waals surface area contributed by atoms with Crippen LogP contribution in [0.25, 0.3) is 6.08 Å². The molecule has 34 heavy (non-hydrogen) atoms. The van der Waals surface area contributed by atoms with Crippen molar-refractivity contribution in [3.05, 3.63) is 87.2 Å². The van der Waals surface area contributed by atoms with E-state index in [9.17, 15) is 9.59 Å². The van der Waals surface area contributed by atoms with Gasteiger partial charge in [-0.25, -0.2) is 0 Å². The largest absolute Gasteiger partial charge is 0.490 e. The molecule has 1 aromatic heterocycles. The van der Waals surface area contributed by atoms with Crippen LogP contribution in [0.4, 0.5) is 0 Å². The Morgan fingerprint density at radius 3 is 2.44 bits per heavy atom. The van der Waals surface area contributed by atoms with E-state index in [0.717, 1.165) is 16.0 Å². The molecule has 0 radical (unpaired) electrons. The number of benzene rings is 2. The van der Waals surface area contributed by atoms with Crippen molar-refractivity contribution in [1.29, 1.82) is 0 Å². The molecular weight excluding hydrogens is 448 g/mol. The minimum Gasteiger partial charge on any atom is -0.490 e. The van der Waals surface area contributed by atoms with E-state index in [0.29, 0.717) is 30.3 Å². The van der Waals surface area contributed by atoms with Gasteiger partial charge in [-0.05, 0) is 75.0 Å². The number of carbonyl (C=O) groups excluding carboxylic acids is 2. The summed E-state index contributed by atoms with van der Waals surface area (Å²) in [6.45, 7) is 8.66. The van der Waals surface area contributed by atoms with E-state index < -0.39 is 0 Å². The Morgan fingerprint density at radius 1 is 1.00 bits per heavy atom. The molecule has 2 N–H and O–H groups in total. The Balaban J connectivity index is 1.81. The molecule has 0 fully saturated rings. The van der Waals surface area contributed by atoms with E-state index in [-0.39, 0.29) is 23.6 Å². The quantitative estimate of drug-likeness (QED) is 0.377. The van der Waals surface area contributed by atoms with Crippen LogP contribution in [0.3, 0.4) is 0 Å². The van der Waals surface area contributed by atoms with Crippen LogP contribution in [0.5, 0.6) is 11.5 Å². The highest BCUT2D eigenvalue weighted by atomic mass is 32.1. The Kier molecular flexibility index (Phi) is 8.87. The summed E-state index contributed by atoms with van der Waals surface area (Å²) in [6, 6.07) is 16.3. The zero-order chi connectivity index (χ0) is 24.5. The maximum Gasteiger partial charge on any atom is 0.268 e. The molecule has 0 aliphatic rings. The Bertz CT molecular complexity index is 1160. The molecule has 2 amide bonds. The van der Waals surface area contributed by atoms with Gasteiger partial charge in [-0.1, -0.05) is 29.8 Å². The van der Waals surface area contributed by atoms with E-state index >= 15 is 0 Å². The first-order valence-electron chi connectivity index (χ1n) is 11.2. The zero-order valence-electron chi connectivity index (χ0n) is 19.9. The minimum atomic E-state index is -0.381. The lowest BCUT2D eigenvalue weighted by Crippen LogP contribution is -2.36. The number of hydrogen-bond donors (Lipinski definition) is 2. The van der Waals surface area contributed by atoms with E-state index in [1.807, 2.05) is 75.5 Å². The van der Waals surface area contributed by atoms with Crippen LogP contribution in [0, 0.1) is 6.92 Å². The highest BCUT2D eigenvalue weighted by molar-refractivity contribution is 7.10. The lowest BCUT2D eigenvalue weighted by atomic mass is 10.1. The molecule has 0 unspecified atom stereocenters. The molecule has 178 valence electrons. The summed E-state index contributed by atoms with van der Waals surface area (Å²) in [7, 11) is 0. The summed E-state index contributed by atoms with van der Waals surface area (Å²) in [6.07, 6.45) is 1.68. The van der Waals surface area contributed by atoms with Crippen molar-refractivity contribution < 1.29 is 19.1 Å². The van der Waals surface area contributed by atoms with Crippen molar-refractivity contribution in [2.75, 3.05) is 13.2 Å². The molecule has 3 aromatic rings. The maximum atomic E-state index is 13.2. The van der Waals surface area contributed by atoms with Crippen LogP contribution in [0.2, 0.25) is 0 Å². The molecule has 1 atom stereocenters. The van der Waals surface area contributed by atoms with Gasteiger partial charge >= 0.3 is 0 Å². The Hall–Kier alpha value is -3.58. The SMILES string of the molecule is CCOc1ccc([C@H](C)NC(=O)/C(=C/c2cccs2)NC(=O)c2cccc(C)c2)cc1OCC. The molecule has 2 aromatic carbocycles. The lowest BCUT2D eigenvalue weighted by molar-refractivity contribution is -0.118. The van der Waals surface area contributed by atoms with Crippen molar-refractivity contribution in [3.63, 3.8) is 0 Å². The minimum absolute atomic E-state index is 0.178. The Labute approximate surface area is 204 Å². The standard InChI is InChI=1S/C27H30N2O4S/c1-5-32-24-13-12-20(16-25(24)33-6-2)19(4)28-27(31)23(17-22-11-8-14-34-22)29-26(30)21-10-7-9-18(3)15-21/h7-17,19H,5-6H2,1-4H3,(H,28,31)(H,29,30)/b23-17-/t19-/m0/s1. The molecule has 0 saturated carbocycles. The summed E-state index contributed by atoms with van der Waals surface area (Å²) in [5, 5.41) is 7.69. The average Bonchev–Trinajstić information content (AvgIpc) is 3.33. The third-order valence-corrected chi connectivity index (χ3v) is 5.84. The van der Waals surface area contributed by atoms with Crippen LogP contribution in [-0.2, 0) is 4.79 Å². The predicted molar refractivity (Wildman–Crippen MR) is 136 cm³/mol. The fraction of sp³-hybridized carbons (Fsp3) is 0.259. The molecule has 6 nitrogen and oxygen atoms in total. The molecule has 0 spiro atoms. The van der Waals surface area contributed by atoms with Gasteiger partial charge in [0.05, 0.1) is 19.3 Å². The van der Waals surface area contributed by atoms with E-state index in [1.165, 1.54) is 11.3 Å². The second-order valence-electron chi connectivity index (χ2n) is 7.66. The molecular formula is C27H30N2O4S. The second kappa shape index (κ2) is 12.0. The first-order valence-corrected chi connectivity index (χ1v) is 12.1. The van der Waals surface area contributed by atoms with Crippen molar-refractivity contribution in [1.82, 2.24) is 10.6 Å². The van der Waals surface area contributed by atoms with Crippen LogP contribution >= 0.6 is 11.3 Å². The van der Waals surface area contributed by atoms with Crippen molar-refractivity contribution in [3.8, 4) is 11.5 Å². The number of hydrogen-bond acceptors (Lipinski definition) is 5. The van der Waals surface area contributed by atoms with E-state index in [4.69, 9.17) is 9.47 Å². The van der Waals surface area contributed by atoms with Crippen LogP contribution < -0.4 is 20.1 Å². The van der Waals surface area contributed by atoms with Crippen LogP contribution in [-0.4, -0.2) is 25.0 Å². The molecule has 0 saturated heterocycles. The number of thiophene rings is 1. The highest BCUT2D eigenvalue weighted by Crippen LogP contribution is 2.30. The third-order valence-electron chi connectivity index (χ3n) is 5.02. The number of nitrogens with one attached hydrogen (secondary N) is 2. The van der Waals surface area contributed by atoms with Crippen LogP contribution in [0.15, 0.2) is 65.7 Å². The summed E-state index contributed by atoms with van der Waals surface area (Å²) in [5.74, 6) is 0.572. The smallest absolute Gasteiger partial charge is 0.268 e. The van der Waals surface area contributed by atoms with Gasteiger partial charge in [0.2, 0.25) is 0 Å². The van der Waals surface area contributed by atoms with Gasteiger partial charge < -0.3 is 20.1 Å². The Morgan fingerprint density at radius 2 is 1.76 bits per heavy atom. The summed E-state index contributed by atoms with van der Waals surface area (Å²) in [5.41, 5.74) is 2.50. The van der Waals surface area contributed by atoms with Crippen molar-refractivity contribution in [2.24, 2.45) is 0 Å². The number of carbonyl (C=O) groups is 2. The lowest BCUT2D eigenvalue weighted by Gasteiger charge is -2.19. The molecule has 3 rings (SSSR count). The topological polar surface area (TPSA) is 76.7 Å². The van der Waals surface area contributed by atoms with Crippen molar-refractivity contribution >= 4 is 29.2 Å². The fourth-order valence-corrected chi connectivity index (χ4v) is 4.01. The van der Waals surface area contributed by atoms with Gasteiger partial charge in [0.1, 0.15) is 5.70 Å². The number of ether oxygens (including phenoxy) is 2. The van der Waals surface area contributed by atoms with Gasteiger partial charge in [-0.2, -0.15) is 0 Å². The first kappa shape index (κ1) is 25.1. The molecule has 0 aliphatic heterocycles. The monoisotopic (exact) mass is 478 g/mol. The summed E-state index contributed by atoms with van der Waals surface area (Å²) < 4.78 is 11.3. The van der Waals surface area contributed by atoms with Crippen molar-refractivity contribution in [2.45, 2.75) is 33.7 Å². The van der Waals surface area contributed by atoms with Gasteiger partial charge in [-0.15, -0.1) is 11.3 Å². The van der Waals surface area contributed by atoms with Gasteiger partial charge in [0.15, 0.2) is 11.5 Å². The first-order chi connectivity index (χ1) is 16.4. The maximum absolute atomic E-state index is 13.2. The summed E-state index contributed by atoms with van der Waals surface area (Å²) >= 11 is 1.48. The van der Waals surface area contributed by atoms with Crippen LogP contribution in [0.1, 0.15) is 53.2 Å². The molecule has 7 heteroatoms. The van der Waals surface area contributed by atoms with E-state index in [2.05, 4.69) is 10.6 Å². The van der Waals surface area contributed by atoms with Gasteiger partial charge in [0.25, 0.3) is 11.8 Å². The zero-order valence-corrected chi connectivity index (χ0v) is 20.7. The fourth-order valence-electron chi connectivity index (χ4n) is 3.35. The second-order valence-corrected chi connectivity index (χ2v) is 8.64. The van der Waals surface area contributed by atoms with E-state index in [1.54, 1.807) is 18.2 Å². The average molecular weight is 479 g/mol. The number of aryl methyl sites for hydroxylation is 1. The predicted octanol–water partition coefficient (Wildman–Crippen LogP) is 5.50. The highest BCUT2D eigenvalue weighted by Gasteiger charge is 2.19. The summed E-state index contributed by atoms with van der Waals surface area (Å²) in [4.78, 5) is 26.9. The number of amides is 2.